The van der Waals surface area contributed by atoms with Gasteiger partial charge in [0, 0.05) is 17.2 Å². The summed E-state index contributed by atoms with van der Waals surface area (Å²) in [6.07, 6.45) is 1.64. The predicted molar refractivity (Wildman–Crippen MR) is 149 cm³/mol. The Hall–Kier alpha value is -2.86. The van der Waals surface area contributed by atoms with Crippen LogP contribution in [0.4, 0.5) is 10.5 Å². The van der Waals surface area contributed by atoms with Gasteiger partial charge in [0.2, 0.25) is 0 Å². The highest BCUT2D eigenvalue weighted by atomic mass is 79.9. The number of hydrogen-bond acceptors (Lipinski definition) is 7. The van der Waals surface area contributed by atoms with Crippen molar-refractivity contribution < 1.29 is 24.0 Å². The Labute approximate surface area is 238 Å². The molecule has 0 radical (unpaired) electrons. The van der Waals surface area contributed by atoms with Crippen molar-refractivity contribution in [1.82, 2.24) is 4.90 Å². The number of ether oxygens (including phenoxy) is 2. The van der Waals surface area contributed by atoms with Gasteiger partial charge in [-0.1, -0.05) is 11.6 Å². The van der Waals surface area contributed by atoms with Gasteiger partial charge in [-0.3, -0.25) is 24.6 Å². The van der Waals surface area contributed by atoms with Crippen LogP contribution < -0.4 is 9.47 Å². The maximum absolute atomic E-state index is 12.8. The van der Waals surface area contributed by atoms with Gasteiger partial charge in [-0.15, -0.1) is 0 Å². The normalized spacial score (nSPS) is 14.4. The zero-order chi connectivity index (χ0) is 26.5. The van der Waals surface area contributed by atoms with E-state index in [1.165, 1.54) is 12.1 Å². The van der Waals surface area contributed by atoms with Gasteiger partial charge in [-0.05, 0) is 109 Å². The summed E-state index contributed by atoms with van der Waals surface area (Å²) in [6.45, 7) is 0.476. The molecule has 190 valence electrons. The average Bonchev–Trinajstić information content (AvgIpc) is 3.12. The molecule has 0 bridgehead atoms. The molecule has 0 aromatic heterocycles. The van der Waals surface area contributed by atoms with E-state index < -0.39 is 4.92 Å². The van der Waals surface area contributed by atoms with Crippen LogP contribution in [0.25, 0.3) is 6.08 Å². The molecule has 8 nitrogen and oxygen atoms in total. The lowest BCUT2D eigenvalue weighted by Gasteiger charge is -2.13. The van der Waals surface area contributed by atoms with Crippen LogP contribution >= 0.6 is 55.2 Å². The summed E-state index contributed by atoms with van der Waals surface area (Å²) in [7, 11) is 0. The molecule has 12 heteroatoms. The van der Waals surface area contributed by atoms with E-state index in [1.807, 2.05) is 0 Å². The zero-order valence-corrected chi connectivity index (χ0v) is 23.6. The van der Waals surface area contributed by atoms with E-state index in [9.17, 15) is 19.7 Å². The number of amides is 2. The Balaban J connectivity index is 1.39. The number of nitrogens with zero attached hydrogens (tertiary/aromatic N) is 2. The lowest BCUT2D eigenvalue weighted by molar-refractivity contribution is -0.384. The third kappa shape index (κ3) is 6.92. The Morgan fingerprint density at radius 2 is 1.65 bits per heavy atom. The first kappa shape index (κ1) is 27.2. The first-order valence-electron chi connectivity index (χ1n) is 10.7. The molecule has 0 aliphatic carbocycles. The van der Waals surface area contributed by atoms with E-state index in [2.05, 4.69) is 31.9 Å². The van der Waals surface area contributed by atoms with Gasteiger partial charge in [-0.25, -0.2) is 0 Å². The molecule has 0 atom stereocenters. The molecule has 1 aliphatic rings. The van der Waals surface area contributed by atoms with Gasteiger partial charge in [0.1, 0.15) is 24.7 Å². The number of carbonyl (C=O) groups is 2. The minimum atomic E-state index is -0.458. The van der Waals surface area contributed by atoms with Crippen molar-refractivity contribution in [3.05, 3.63) is 101 Å². The van der Waals surface area contributed by atoms with Crippen molar-refractivity contribution in [3.8, 4) is 11.5 Å². The highest BCUT2D eigenvalue weighted by molar-refractivity contribution is 9.11. The number of benzene rings is 3. The van der Waals surface area contributed by atoms with Crippen molar-refractivity contribution in [2.45, 2.75) is 6.61 Å². The van der Waals surface area contributed by atoms with Gasteiger partial charge in [0.25, 0.3) is 16.8 Å². The highest BCUT2D eigenvalue weighted by Crippen LogP contribution is 2.38. The number of non-ortho nitro benzene ring substituents is 1. The van der Waals surface area contributed by atoms with Crippen molar-refractivity contribution >= 4 is 78.1 Å². The molecule has 4 rings (SSSR count). The number of imide groups is 1. The predicted octanol–water partition coefficient (Wildman–Crippen LogP) is 7.47. The number of carbonyl (C=O) groups excluding carboxylic acids is 2. The molecule has 0 saturated carbocycles. The summed E-state index contributed by atoms with van der Waals surface area (Å²) in [5.41, 5.74) is 1.46. The van der Waals surface area contributed by atoms with E-state index in [1.54, 1.807) is 54.6 Å². The minimum Gasteiger partial charge on any atom is -0.492 e. The number of rotatable bonds is 9. The largest absolute Gasteiger partial charge is 0.492 e. The molecule has 1 saturated heterocycles. The molecule has 2 amide bonds. The summed E-state index contributed by atoms with van der Waals surface area (Å²) in [6, 6.07) is 16.5. The fraction of sp³-hybridized carbons (Fsp3) is 0.120. The Morgan fingerprint density at radius 1 is 1.00 bits per heavy atom. The molecule has 1 heterocycles. The van der Waals surface area contributed by atoms with E-state index in [4.69, 9.17) is 21.1 Å². The molecule has 1 fully saturated rings. The van der Waals surface area contributed by atoms with Crippen LogP contribution in [-0.4, -0.2) is 34.1 Å². The van der Waals surface area contributed by atoms with E-state index in [-0.39, 0.29) is 36.6 Å². The number of nitro groups is 1. The lowest BCUT2D eigenvalue weighted by atomic mass is 10.2. The van der Waals surface area contributed by atoms with Gasteiger partial charge in [-0.2, -0.15) is 0 Å². The standard InChI is InChI=1S/C25H17Br2ClN2O6S/c26-20-11-16(12-21(27)23(20)36-14-15-1-5-18(6-2-15)30(33)34)13-22-24(31)29(25(32)37-22)9-10-35-19-7-3-17(28)4-8-19/h1-8,11-13H,9-10,14H2/b22-13-. The minimum absolute atomic E-state index is 0.00830. The number of halogens is 3. The quantitative estimate of drug-likeness (QED) is 0.133. The van der Waals surface area contributed by atoms with Gasteiger partial charge in [0.05, 0.1) is 25.3 Å². The second kappa shape index (κ2) is 12.1. The number of thioether (sulfide) groups is 1. The van der Waals surface area contributed by atoms with Gasteiger partial charge in [0.15, 0.2) is 0 Å². The molecular formula is C25H17Br2ClN2O6S. The van der Waals surface area contributed by atoms with Crippen LogP contribution in [0.1, 0.15) is 11.1 Å². The summed E-state index contributed by atoms with van der Waals surface area (Å²) >= 11 is 13.7. The molecule has 0 N–H and O–H groups in total. The SMILES string of the molecule is O=C1S/C(=C\c2cc(Br)c(OCc3ccc([N+](=O)[O-])cc3)c(Br)c2)C(=O)N1CCOc1ccc(Cl)cc1. The van der Waals surface area contributed by atoms with Crippen LogP contribution in [0.3, 0.4) is 0 Å². The highest BCUT2D eigenvalue weighted by Gasteiger charge is 2.34. The molecule has 3 aromatic rings. The maximum atomic E-state index is 12.8. The fourth-order valence-electron chi connectivity index (χ4n) is 3.30. The molecular weight excluding hydrogens is 652 g/mol. The summed E-state index contributed by atoms with van der Waals surface area (Å²) in [5, 5.41) is 11.0. The third-order valence-corrected chi connectivity index (χ3v) is 7.46. The smallest absolute Gasteiger partial charge is 0.293 e. The van der Waals surface area contributed by atoms with Crippen LogP contribution in [-0.2, 0) is 11.4 Å². The topological polar surface area (TPSA) is 99.0 Å². The Morgan fingerprint density at radius 3 is 2.27 bits per heavy atom. The van der Waals surface area contributed by atoms with Crippen molar-refractivity contribution in [3.63, 3.8) is 0 Å². The van der Waals surface area contributed by atoms with E-state index >= 15 is 0 Å². The first-order valence-corrected chi connectivity index (χ1v) is 13.5. The summed E-state index contributed by atoms with van der Waals surface area (Å²) < 4.78 is 12.7. The Bertz CT molecular complexity index is 1360. The van der Waals surface area contributed by atoms with Crippen molar-refractivity contribution in [1.29, 1.82) is 0 Å². The average molecular weight is 669 g/mol. The van der Waals surface area contributed by atoms with Crippen LogP contribution in [0.2, 0.25) is 5.02 Å². The molecule has 0 spiro atoms. The lowest BCUT2D eigenvalue weighted by Crippen LogP contribution is -2.32. The molecule has 1 aliphatic heterocycles. The van der Waals surface area contributed by atoms with Crippen LogP contribution in [0.5, 0.6) is 11.5 Å². The third-order valence-electron chi connectivity index (χ3n) is 5.12. The molecule has 0 unspecified atom stereocenters. The zero-order valence-electron chi connectivity index (χ0n) is 18.9. The van der Waals surface area contributed by atoms with Crippen molar-refractivity contribution in [2.75, 3.05) is 13.2 Å². The van der Waals surface area contributed by atoms with Gasteiger partial charge >= 0.3 is 0 Å². The number of nitro benzene ring substituents is 1. The maximum Gasteiger partial charge on any atom is 0.293 e. The second-order valence-electron chi connectivity index (χ2n) is 7.66. The summed E-state index contributed by atoms with van der Waals surface area (Å²) in [4.78, 5) is 37.0. The molecule has 3 aromatic carbocycles. The van der Waals surface area contributed by atoms with Crippen molar-refractivity contribution in [2.24, 2.45) is 0 Å². The number of hydrogen-bond donors (Lipinski definition) is 0. The second-order valence-corrected chi connectivity index (χ2v) is 10.8. The van der Waals surface area contributed by atoms with E-state index in [0.717, 1.165) is 22.2 Å². The first-order chi connectivity index (χ1) is 17.7. The monoisotopic (exact) mass is 666 g/mol. The summed E-state index contributed by atoms with van der Waals surface area (Å²) in [5.74, 6) is 0.737. The van der Waals surface area contributed by atoms with Crippen LogP contribution in [0.15, 0.2) is 74.5 Å². The van der Waals surface area contributed by atoms with E-state index in [0.29, 0.717) is 35.9 Å². The molecule has 37 heavy (non-hydrogen) atoms. The fourth-order valence-corrected chi connectivity index (χ4v) is 5.74. The Kier molecular flexibility index (Phi) is 8.91. The van der Waals surface area contributed by atoms with Crippen LogP contribution in [0, 0.1) is 10.1 Å². The van der Waals surface area contributed by atoms with Gasteiger partial charge < -0.3 is 9.47 Å².